The molecule has 118 valence electrons. The second kappa shape index (κ2) is 6.57. The summed E-state index contributed by atoms with van der Waals surface area (Å²) < 4.78 is 26.0. The quantitative estimate of drug-likeness (QED) is 0.851. The van der Waals surface area contributed by atoms with Crippen molar-refractivity contribution in [1.82, 2.24) is 19.4 Å². The number of amides is 1. The topological polar surface area (TPSA) is 84.3 Å². The van der Waals surface area contributed by atoms with Crippen molar-refractivity contribution in [2.75, 3.05) is 19.3 Å². The highest BCUT2D eigenvalue weighted by Gasteiger charge is 2.27. The SMILES string of the molecule is CC[C@H](C(=O)NC1CCN(S(C)(=O)=O)CC1)n1cccn1. The first kappa shape index (κ1) is 16.0. The van der Waals surface area contributed by atoms with Gasteiger partial charge in [0.2, 0.25) is 15.9 Å². The highest BCUT2D eigenvalue weighted by Crippen LogP contribution is 2.15. The van der Waals surface area contributed by atoms with E-state index in [0.29, 0.717) is 32.4 Å². The fraction of sp³-hybridized carbons (Fsp3) is 0.692. The van der Waals surface area contributed by atoms with E-state index >= 15 is 0 Å². The van der Waals surface area contributed by atoms with Crippen LogP contribution in [-0.4, -0.2) is 53.8 Å². The number of rotatable bonds is 5. The van der Waals surface area contributed by atoms with Crippen LogP contribution < -0.4 is 5.32 Å². The first-order valence-electron chi connectivity index (χ1n) is 7.16. The monoisotopic (exact) mass is 314 g/mol. The lowest BCUT2D eigenvalue weighted by molar-refractivity contribution is -0.125. The molecule has 0 bridgehead atoms. The molecular weight excluding hydrogens is 292 g/mol. The summed E-state index contributed by atoms with van der Waals surface area (Å²) in [5.74, 6) is -0.0565. The Kier molecular flexibility index (Phi) is 5.00. The molecule has 1 saturated heterocycles. The third kappa shape index (κ3) is 4.04. The summed E-state index contributed by atoms with van der Waals surface area (Å²) in [5, 5.41) is 7.12. The summed E-state index contributed by atoms with van der Waals surface area (Å²) in [6, 6.07) is 1.51. The van der Waals surface area contributed by atoms with Gasteiger partial charge in [0.15, 0.2) is 0 Å². The number of carbonyl (C=O) groups is 1. The second-order valence-electron chi connectivity index (χ2n) is 5.36. The van der Waals surface area contributed by atoms with Gasteiger partial charge in [0, 0.05) is 31.5 Å². The third-order valence-electron chi connectivity index (χ3n) is 3.80. The van der Waals surface area contributed by atoms with Crippen LogP contribution >= 0.6 is 0 Å². The van der Waals surface area contributed by atoms with E-state index in [9.17, 15) is 13.2 Å². The van der Waals surface area contributed by atoms with E-state index in [1.54, 1.807) is 23.1 Å². The van der Waals surface area contributed by atoms with Crippen LogP contribution in [0.5, 0.6) is 0 Å². The van der Waals surface area contributed by atoms with Gasteiger partial charge in [-0.25, -0.2) is 12.7 Å². The van der Waals surface area contributed by atoms with Crippen LogP contribution in [-0.2, 0) is 14.8 Å². The molecule has 1 fully saturated rings. The number of aromatic nitrogens is 2. The summed E-state index contributed by atoms with van der Waals surface area (Å²) in [7, 11) is -3.13. The van der Waals surface area contributed by atoms with Crippen LogP contribution in [0.1, 0.15) is 32.2 Å². The van der Waals surface area contributed by atoms with Crippen molar-refractivity contribution in [2.45, 2.75) is 38.3 Å². The smallest absolute Gasteiger partial charge is 0.245 e. The summed E-state index contributed by atoms with van der Waals surface area (Å²) >= 11 is 0. The van der Waals surface area contributed by atoms with Gasteiger partial charge in [-0.15, -0.1) is 0 Å². The number of piperidine rings is 1. The standard InChI is InChI=1S/C13H22N4O3S/c1-3-12(17-8-4-7-14-17)13(18)15-11-5-9-16(10-6-11)21(2,19)20/h4,7-8,11-12H,3,5-6,9-10H2,1-2H3,(H,15,18)/t12-/m1/s1. The molecule has 0 unspecified atom stereocenters. The highest BCUT2D eigenvalue weighted by molar-refractivity contribution is 7.88. The van der Waals surface area contributed by atoms with E-state index in [1.165, 1.54) is 10.6 Å². The van der Waals surface area contributed by atoms with Gasteiger partial charge in [-0.1, -0.05) is 6.92 Å². The van der Waals surface area contributed by atoms with E-state index in [1.807, 2.05) is 6.92 Å². The lowest BCUT2D eigenvalue weighted by Crippen LogP contribution is -2.47. The maximum absolute atomic E-state index is 12.3. The van der Waals surface area contributed by atoms with E-state index in [2.05, 4.69) is 10.4 Å². The van der Waals surface area contributed by atoms with Crippen molar-refractivity contribution in [3.05, 3.63) is 18.5 Å². The zero-order chi connectivity index (χ0) is 15.5. The molecule has 1 atom stereocenters. The lowest BCUT2D eigenvalue weighted by atomic mass is 10.1. The van der Waals surface area contributed by atoms with Crippen LogP contribution in [0, 0.1) is 0 Å². The van der Waals surface area contributed by atoms with Crippen LogP contribution in [0.2, 0.25) is 0 Å². The predicted molar refractivity (Wildman–Crippen MR) is 79.1 cm³/mol. The predicted octanol–water partition coefficient (Wildman–Crippen LogP) is 0.374. The molecule has 0 radical (unpaired) electrons. The van der Waals surface area contributed by atoms with Crippen LogP contribution in [0.25, 0.3) is 0 Å². The number of hydrogen-bond acceptors (Lipinski definition) is 4. The van der Waals surface area contributed by atoms with E-state index in [4.69, 9.17) is 0 Å². The molecular formula is C13H22N4O3S. The Hall–Kier alpha value is -1.41. The van der Waals surface area contributed by atoms with Gasteiger partial charge in [-0.3, -0.25) is 9.48 Å². The van der Waals surface area contributed by atoms with Crippen molar-refractivity contribution in [1.29, 1.82) is 0 Å². The molecule has 2 heterocycles. The van der Waals surface area contributed by atoms with Crippen molar-refractivity contribution < 1.29 is 13.2 Å². The molecule has 0 spiro atoms. The first-order chi connectivity index (χ1) is 9.91. The molecule has 7 nitrogen and oxygen atoms in total. The van der Waals surface area contributed by atoms with Crippen LogP contribution in [0.15, 0.2) is 18.5 Å². The van der Waals surface area contributed by atoms with Crippen LogP contribution in [0.4, 0.5) is 0 Å². The average Bonchev–Trinajstić information content (AvgIpc) is 2.93. The molecule has 2 rings (SSSR count). The molecule has 8 heteroatoms. The van der Waals surface area contributed by atoms with Gasteiger partial charge < -0.3 is 5.32 Å². The Morgan fingerprint density at radius 1 is 1.43 bits per heavy atom. The maximum Gasteiger partial charge on any atom is 0.245 e. The van der Waals surface area contributed by atoms with Crippen LogP contribution in [0.3, 0.4) is 0 Å². The van der Waals surface area contributed by atoms with Crippen molar-refractivity contribution in [2.24, 2.45) is 0 Å². The molecule has 1 amide bonds. The Balaban J connectivity index is 1.89. The van der Waals surface area contributed by atoms with Gasteiger partial charge in [0.25, 0.3) is 0 Å². The molecule has 0 saturated carbocycles. The number of nitrogens with one attached hydrogen (secondary N) is 1. The maximum atomic E-state index is 12.3. The fourth-order valence-corrected chi connectivity index (χ4v) is 3.46. The number of sulfonamides is 1. The summed E-state index contributed by atoms with van der Waals surface area (Å²) in [4.78, 5) is 12.3. The minimum Gasteiger partial charge on any atom is -0.351 e. The largest absolute Gasteiger partial charge is 0.351 e. The minimum atomic E-state index is -3.13. The molecule has 1 N–H and O–H groups in total. The number of carbonyl (C=O) groups excluding carboxylic acids is 1. The third-order valence-corrected chi connectivity index (χ3v) is 5.11. The van der Waals surface area contributed by atoms with Crippen molar-refractivity contribution in [3.63, 3.8) is 0 Å². The molecule has 1 aliphatic heterocycles. The molecule has 1 aliphatic rings. The normalized spacial score (nSPS) is 19.3. The Labute approximate surface area is 125 Å². The summed E-state index contributed by atoms with van der Waals surface area (Å²) in [6.45, 7) is 2.86. The lowest BCUT2D eigenvalue weighted by Gasteiger charge is -2.31. The second-order valence-corrected chi connectivity index (χ2v) is 7.34. The highest BCUT2D eigenvalue weighted by atomic mass is 32.2. The Morgan fingerprint density at radius 3 is 2.57 bits per heavy atom. The van der Waals surface area contributed by atoms with E-state index in [0.717, 1.165) is 0 Å². The minimum absolute atomic E-state index is 0.0279. The zero-order valence-electron chi connectivity index (χ0n) is 12.4. The van der Waals surface area contributed by atoms with Gasteiger partial charge in [0.1, 0.15) is 6.04 Å². The van der Waals surface area contributed by atoms with E-state index < -0.39 is 10.0 Å². The molecule has 1 aromatic heterocycles. The summed E-state index contributed by atoms with van der Waals surface area (Å²) in [6.07, 6.45) is 6.61. The number of nitrogens with zero attached hydrogens (tertiary/aromatic N) is 3. The van der Waals surface area contributed by atoms with Gasteiger partial charge in [-0.05, 0) is 25.3 Å². The fourth-order valence-electron chi connectivity index (χ4n) is 2.59. The number of hydrogen-bond donors (Lipinski definition) is 1. The zero-order valence-corrected chi connectivity index (χ0v) is 13.2. The Bertz CT molecular complexity index is 562. The Morgan fingerprint density at radius 2 is 2.10 bits per heavy atom. The average molecular weight is 314 g/mol. The van der Waals surface area contributed by atoms with Gasteiger partial charge in [0.05, 0.1) is 6.26 Å². The van der Waals surface area contributed by atoms with Crippen molar-refractivity contribution in [3.8, 4) is 0 Å². The molecule has 21 heavy (non-hydrogen) atoms. The molecule has 0 aromatic carbocycles. The van der Waals surface area contributed by atoms with Gasteiger partial charge in [-0.2, -0.15) is 5.10 Å². The van der Waals surface area contributed by atoms with E-state index in [-0.39, 0.29) is 18.0 Å². The first-order valence-corrected chi connectivity index (χ1v) is 9.01. The molecule has 1 aromatic rings. The molecule has 0 aliphatic carbocycles. The van der Waals surface area contributed by atoms with Crippen molar-refractivity contribution >= 4 is 15.9 Å². The van der Waals surface area contributed by atoms with Gasteiger partial charge >= 0.3 is 0 Å². The summed E-state index contributed by atoms with van der Waals surface area (Å²) in [5.41, 5.74) is 0.